The molecule has 0 saturated carbocycles. The van der Waals surface area contributed by atoms with Gasteiger partial charge >= 0.3 is 11.9 Å². The summed E-state index contributed by atoms with van der Waals surface area (Å²) in [5.41, 5.74) is -2.58. The summed E-state index contributed by atoms with van der Waals surface area (Å²) in [7, 11) is 0. The lowest BCUT2D eigenvalue weighted by atomic mass is 9.46. The number of hydrogen-bond donors (Lipinski definition) is 1. The number of nitrogens with one attached hydrogen (secondary N) is 1. The van der Waals surface area contributed by atoms with Gasteiger partial charge in [-0.3, -0.25) is 4.79 Å². The standard InChI is InChI=1S/C23H20ClN3O5/c1-3-31-20(29)16-15(14-9-12-7-5-6-8-13(12)27-14)22(10-25)17(21(30)32-4-2)18(24)19(28)23(16,22)11-26/h9,27H,3-8H2,1-2H3. The van der Waals surface area contributed by atoms with E-state index in [1.54, 1.807) is 13.8 Å². The van der Waals surface area contributed by atoms with E-state index in [4.69, 9.17) is 21.1 Å². The van der Waals surface area contributed by atoms with Crippen LogP contribution in [0.1, 0.15) is 43.6 Å². The summed E-state index contributed by atoms with van der Waals surface area (Å²) in [5, 5.41) is 20.0. The molecule has 2 unspecified atom stereocenters. The zero-order chi connectivity index (χ0) is 23.3. The molecule has 3 aliphatic carbocycles. The third kappa shape index (κ3) is 2.44. The van der Waals surface area contributed by atoms with Crippen LogP contribution in [-0.2, 0) is 36.7 Å². The van der Waals surface area contributed by atoms with Crippen LogP contribution in [-0.4, -0.2) is 35.9 Å². The topological polar surface area (TPSA) is 133 Å². The number of rotatable bonds is 5. The van der Waals surface area contributed by atoms with E-state index < -0.39 is 39.2 Å². The Bertz CT molecular complexity index is 1190. The molecular formula is C23H20ClN3O5. The lowest BCUT2D eigenvalue weighted by molar-refractivity contribution is -0.143. The summed E-state index contributed by atoms with van der Waals surface area (Å²) in [6, 6.07) is 5.66. The molecule has 1 aromatic heterocycles. The van der Waals surface area contributed by atoms with E-state index in [2.05, 4.69) is 4.98 Å². The summed E-state index contributed by atoms with van der Waals surface area (Å²) < 4.78 is 10.2. The second kappa shape index (κ2) is 7.65. The molecule has 0 bridgehead atoms. The summed E-state index contributed by atoms with van der Waals surface area (Å²) >= 11 is 6.26. The van der Waals surface area contributed by atoms with Gasteiger partial charge in [0.05, 0.1) is 41.5 Å². The average molecular weight is 454 g/mol. The molecule has 32 heavy (non-hydrogen) atoms. The van der Waals surface area contributed by atoms with Crippen molar-refractivity contribution in [3.63, 3.8) is 0 Å². The van der Waals surface area contributed by atoms with E-state index in [1.165, 1.54) is 0 Å². The number of aromatic nitrogens is 1. The quantitative estimate of drug-likeness (QED) is 0.677. The van der Waals surface area contributed by atoms with Crippen molar-refractivity contribution in [2.75, 3.05) is 13.2 Å². The molecule has 2 atom stereocenters. The van der Waals surface area contributed by atoms with Gasteiger partial charge in [-0.1, -0.05) is 11.6 Å². The number of H-pyrrole nitrogens is 1. The Morgan fingerprint density at radius 2 is 1.66 bits per heavy atom. The Kier molecular flexibility index (Phi) is 5.22. The van der Waals surface area contributed by atoms with Crippen molar-refractivity contribution in [1.29, 1.82) is 10.5 Å². The Morgan fingerprint density at radius 3 is 2.22 bits per heavy atom. The zero-order valence-corrected chi connectivity index (χ0v) is 18.4. The molecule has 164 valence electrons. The number of aryl methyl sites for hydroxylation is 2. The Labute approximate surface area is 189 Å². The number of esters is 2. The van der Waals surface area contributed by atoms with Crippen LogP contribution in [0.4, 0.5) is 0 Å². The number of allylic oxidation sites excluding steroid dienone is 2. The SMILES string of the molecule is CCOC(=O)C1=C(Cl)C(=O)C2(C#N)C(C(=O)OCC)=C(c3cc4c([nH]3)CCCC4)C12C#N. The number of aromatic amines is 1. The molecule has 1 N–H and O–H groups in total. The van der Waals surface area contributed by atoms with Crippen LogP contribution in [0.25, 0.3) is 5.57 Å². The molecular weight excluding hydrogens is 434 g/mol. The fourth-order valence-corrected chi connectivity index (χ4v) is 5.45. The molecule has 9 heteroatoms. The van der Waals surface area contributed by atoms with Gasteiger partial charge in [0.25, 0.3) is 0 Å². The Hall–Kier alpha value is -3.36. The normalized spacial score (nSPS) is 26.0. The van der Waals surface area contributed by atoms with Gasteiger partial charge in [0.15, 0.2) is 5.41 Å². The molecule has 0 saturated heterocycles. The molecule has 3 aliphatic rings. The van der Waals surface area contributed by atoms with E-state index in [9.17, 15) is 24.9 Å². The van der Waals surface area contributed by atoms with Crippen LogP contribution in [0.2, 0.25) is 0 Å². The van der Waals surface area contributed by atoms with Gasteiger partial charge in [-0.25, -0.2) is 9.59 Å². The van der Waals surface area contributed by atoms with Gasteiger partial charge in [-0.15, -0.1) is 0 Å². The summed E-state index contributed by atoms with van der Waals surface area (Å²) in [6.07, 6.45) is 3.59. The van der Waals surface area contributed by atoms with Crippen LogP contribution < -0.4 is 0 Å². The number of ether oxygens (including phenoxy) is 2. The third-order valence-corrected chi connectivity index (χ3v) is 6.74. The second-order valence-corrected chi connectivity index (χ2v) is 8.20. The average Bonchev–Trinajstić information content (AvgIpc) is 3.25. The van der Waals surface area contributed by atoms with Crippen molar-refractivity contribution in [1.82, 2.24) is 4.98 Å². The molecule has 0 amide bonds. The van der Waals surface area contributed by atoms with Gasteiger partial charge in [-0.05, 0) is 51.2 Å². The largest absolute Gasteiger partial charge is 0.463 e. The lowest BCUT2D eigenvalue weighted by Gasteiger charge is -2.47. The van der Waals surface area contributed by atoms with Crippen molar-refractivity contribution < 1.29 is 23.9 Å². The molecule has 1 aromatic rings. The minimum absolute atomic E-state index is 0.00200. The highest BCUT2D eigenvalue weighted by molar-refractivity contribution is 6.49. The predicted octanol–water partition coefficient (Wildman–Crippen LogP) is 2.88. The van der Waals surface area contributed by atoms with E-state index in [1.807, 2.05) is 18.2 Å². The van der Waals surface area contributed by atoms with Crippen LogP contribution in [0.15, 0.2) is 22.2 Å². The number of carbonyl (C=O) groups excluding carboxylic acids is 3. The van der Waals surface area contributed by atoms with Crippen LogP contribution in [0.5, 0.6) is 0 Å². The number of fused-ring (bicyclic) bond motifs is 2. The Balaban J connectivity index is 2.06. The minimum atomic E-state index is -2.28. The third-order valence-electron chi connectivity index (χ3n) is 6.38. The van der Waals surface area contributed by atoms with Crippen molar-refractivity contribution in [3.05, 3.63) is 39.2 Å². The maximum Gasteiger partial charge on any atom is 0.337 e. The van der Waals surface area contributed by atoms with E-state index >= 15 is 0 Å². The Morgan fingerprint density at radius 1 is 1.06 bits per heavy atom. The summed E-state index contributed by atoms with van der Waals surface area (Å²) in [4.78, 5) is 42.4. The van der Waals surface area contributed by atoms with E-state index in [0.717, 1.165) is 36.9 Å². The van der Waals surface area contributed by atoms with Crippen molar-refractivity contribution in [2.45, 2.75) is 39.5 Å². The number of nitriles is 2. The van der Waals surface area contributed by atoms with Gasteiger partial charge in [0.1, 0.15) is 5.41 Å². The van der Waals surface area contributed by atoms with Gasteiger partial charge in [-0.2, -0.15) is 10.5 Å². The molecule has 8 nitrogen and oxygen atoms in total. The maximum atomic E-state index is 13.3. The second-order valence-electron chi connectivity index (χ2n) is 7.83. The molecule has 1 heterocycles. The lowest BCUT2D eigenvalue weighted by Crippen LogP contribution is -2.56. The van der Waals surface area contributed by atoms with Gasteiger partial charge < -0.3 is 14.5 Å². The van der Waals surface area contributed by atoms with Crippen molar-refractivity contribution >= 4 is 34.9 Å². The first-order valence-corrected chi connectivity index (χ1v) is 10.8. The first-order valence-electron chi connectivity index (χ1n) is 10.4. The number of carbonyl (C=O) groups is 3. The summed E-state index contributed by atoms with van der Waals surface area (Å²) in [5.74, 6) is -2.85. The first-order chi connectivity index (χ1) is 15.3. The molecule has 4 rings (SSSR count). The number of Topliss-reactive ketones (excluding diaryl/α,β-unsaturated/α-hetero) is 1. The fraction of sp³-hybridized carbons (Fsp3) is 0.435. The fourth-order valence-electron chi connectivity index (χ4n) is 5.09. The first kappa shape index (κ1) is 21.9. The molecule has 0 spiro atoms. The van der Waals surface area contributed by atoms with Crippen LogP contribution in [0.3, 0.4) is 0 Å². The smallest absolute Gasteiger partial charge is 0.337 e. The number of nitrogens with zero attached hydrogens (tertiary/aromatic N) is 2. The number of halogens is 1. The van der Waals surface area contributed by atoms with E-state index in [0.29, 0.717) is 5.69 Å². The van der Waals surface area contributed by atoms with E-state index in [-0.39, 0.29) is 24.4 Å². The van der Waals surface area contributed by atoms with Gasteiger partial charge in [0, 0.05) is 17.0 Å². The highest BCUT2D eigenvalue weighted by Gasteiger charge is 2.80. The summed E-state index contributed by atoms with van der Waals surface area (Å²) in [6.45, 7) is 3.13. The minimum Gasteiger partial charge on any atom is -0.463 e. The van der Waals surface area contributed by atoms with Crippen LogP contribution in [0, 0.1) is 33.5 Å². The molecule has 0 radical (unpaired) electrons. The predicted molar refractivity (Wildman–Crippen MR) is 112 cm³/mol. The zero-order valence-electron chi connectivity index (χ0n) is 17.6. The van der Waals surface area contributed by atoms with Crippen molar-refractivity contribution in [3.8, 4) is 12.1 Å². The van der Waals surface area contributed by atoms with Crippen LogP contribution >= 0.6 is 11.6 Å². The molecule has 0 aromatic carbocycles. The van der Waals surface area contributed by atoms with Crippen molar-refractivity contribution in [2.24, 2.45) is 10.8 Å². The molecule has 0 aliphatic heterocycles. The highest BCUT2D eigenvalue weighted by atomic mass is 35.5. The maximum absolute atomic E-state index is 13.3. The van der Waals surface area contributed by atoms with Gasteiger partial charge in [0.2, 0.25) is 5.78 Å². The monoisotopic (exact) mass is 453 g/mol. The highest BCUT2D eigenvalue weighted by Crippen LogP contribution is 2.72. The number of hydrogen-bond acceptors (Lipinski definition) is 7. The number of ketones is 1. The molecule has 0 fully saturated rings.